The number of nitrogens with zero attached hydrogens (tertiary/aromatic N) is 1. The minimum atomic E-state index is 0.293. The summed E-state index contributed by atoms with van der Waals surface area (Å²) in [5.74, 6) is 0.815. The van der Waals surface area contributed by atoms with Crippen LogP contribution in [-0.2, 0) is 0 Å². The molecule has 1 aromatic carbocycles. The molecule has 0 aromatic heterocycles. The number of hydrogen-bond acceptors (Lipinski definition) is 2. The average Bonchev–Trinajstić information content (AvgIpc) is 2.16. The van der Waals surface area contributed by atoms with Gasteiger partial charge < -0.3 is 4.74 Å². The Labute approximate surface area is 102 Å². The number of hydrogen-bond donors (Lipinski definition) is 0. The second-order valence-corrected chi connectivity index (χ2v) is 5.05. The van der Waals surface area contributed by atoms with Crippen LogP contribution in [0.1, 0.15) is 19.4 Å². The van der Waals surface area contributed by atoms with Gasteiger partial charge in [-0.15, -0.1) is 0 Å². The Kier molecular flexibility index (Phi) is 3.41. The highest BCUT2D eigenvalue weighted by Gasteiger charge is 2.30. The zero-order chi connectivity index (χ0) is 11.7. The predicted molar refractivity (Wildman–Crippen MR) is 67.3 cm³/mol. The molecule has 1 aliphatic rings. The zero-order valence-corrected chi connectivity index (χ0v) is 10.8. The number of ether oxygens (including phenoxy) is 1. The summed E-state index contributed by atoms with van der Waals surface area (Å²) in [6.45, 7) is 8.41. The van der Waals surface area contributed by atoms with Gasteiger partial charge in [-0.3, -0.25) is 4.90 Å². The monoisotopic (exact) mass is 239 g/mol. The lowest BCUT2D eigenvalue weighted by atomic mass is 10.1. The van der Waals surface area contributed by atoms with Gasteiger partial charge in [-0.05, 0) is 32.4 Å². The summed E-state index contributed by atoms with van der Waals surface area (Å²) >= 11 is 6.18. The van der Waals surface area contributed by atoms with Gasteiger partial charge in [0.25, 0.3) is 0 Å². The van der Waals surface area contributed by atoms with Crippen molar-refractivity contribution in [1.82, 2.24) is 4.90 Å². The van der Waals surface area contributed by atoms with Crippen molar-refractivity contribution < 1.29 is 4.74 Å². The molecule has 0 spiro atoms. The van der Waals surface area contributed by atoms with Gasteiger partial charge in [-0.1, -0.05) is 23.7 Å². The SMILES string of the molecule is Cc1cccc(OC2CN(C(C)C)C2)c1Cl. The van der Waals surface area contributed by atoms with Crippen LogP contribution < -0.4 is 4.74 Å². The fraction of sp³-hybridized carbons (Fsp3) is 0.538. The van der Waals surface area contributed by atoms with Crippen molar-refractivity contribution in [3.63, 3.8) is 0 Å². The Morgan fingerprint density at radius 1 is 1.38 bits per heavy atom. The van der Waals surface area contributed by atoms with E-state index < -0.39 is 0 Å². The molecule has 0 unspecified atom stereocenters. The van der Waals surface area contributed by atoms with Crippen molar-refractivity contribution in [3.05, 3.63) is 28.8 Å². The van der Waals surface area contributed by atoms with Crippen molar-refractivity contribution >= 4 is 11.6 Å². The highest BCUT2D eigenvalue weighted by molar-refractivity contribution is 6.32. The lowest BCUT2D eigenvalue weighted by molar-refractivity contribution is 0.000183. The molecule has 0 bridgehead atoms. The third-order valence-corrected chi connectivity index (χ3v) is 3.54. The van der Waals surface area contributed by atoms with E-state index in [0.717, 1.165) is 29.4 Å². The van der Waals surface area contributed by atoms with E-state index in [1.54, 1.807) is 0 Å². The summed E-state index contributed by atoms with van der Waals surface area (Å²) in [5.41, 5.74) is 1.07. The minimum absolute atomic E-state index is 0.293. The summed E-state index contributed by atoms with van der Waals surface area (Å²) in [7, 11) is 0. The van der Waals surface area contributed by atoms with Crippen LogP contribution >= 0.6 is 11.6 Å². The third kappa shape index (κ3) is 2.33. The number of likely N-dealkylation sites (tertiary alicyclic amines) is 1. The predicted octanol–water partition coefficient (Wildman–Crippen LogP) is 3.12. The van der Waals surface area contributed by atoms with Crippen LogP contribution in [-0.4, -0.2) is 30.1 Å². The van der Waals surface area contributed by atoms with Crippen LogP contribution in [0, 0.1) is 6.92 Å². The van der Waals surface area contributed by atoms with Crippen molar-refractivity contribution in [1.29, 1.82) is 0 Å². The van der Waals surface area contributed by atoms with E-state index in [0.29, 0.717) is 12.1 Å². The fourth-order valence-electron chi connectivity index (χ4n) is 1.86. The molecule has 2 rings (SSSR count). The molecule has 0 amide bonds. The van der Waals surface area contributed by atoms with E-state index in [1.165, 1.54) is 0 Å². The first-order chi connectivity index (χ1) is 7.58. The molecule has 1 saturated heterocycles. The van der Waals surface area contributed by atoms with Crippen LogP contribution in [0.2, 0.25) is 5.02 Å². The lowest BCUT2D eigenvalue weighted by Crippen LogP contribution is -2.56. The highest BCUT2D eigenvalue weighted by atomic mass is 35.5. The Balaban J connectivity index is 1.94. The molecule has 1 fully saturated rings. The molecule has 0 saturated carbocycles. The quantitative estimate of drug-likeness (QED) is 0.804. The standard InChI is InChI=1S/C13H18ClNO/c1-9(2)15-7-11(8-15)16-12-6-4-5-10(3)13(12)14/h4-6,9,11H,7-8H2,1-3H3. The summed E-state index contributed by atoms with van der Waals surface area (Å²) in [4.78, 5) is 2.38. The second kappa shape index (κ2) is 4.64. The first-order valence-corrected chi connectivity index (χ1v) is 6.11. The normalized spacial score (nSPS) is 17.6. The van der Waals surface area contributed by atoms with E-state index in [4.69, 9.17) is 16.3 Å². The van der Waals surface area contributed by atoms with Gasteiger partial charge in [-0.25, -0.2) is 0 Å². The molecule has 0 radical (unpaired) electrons. The molecule has 16 heavy (non-hydrogen) atoms. The number of aryl methyl sites for hydroxylation is 1. The maximum atomic E-state index is 6.18. The van der Waals surface area contributed by atoms with Gasteiger partial charge in [0.1, 0.15) is 11.9 Å². The van der Waals surface area contributed by atoms with Gasteiger partial charge in [-0.2, -0.15) is 0 Å². The second-order valence-electron chi connectivity index (χ2n) is 4.67. The van der Waals surface area contributed by atoms with Gasteiger partial charge in [0, 0.05) is 19.1 Å². The van der Waals surface area contributed by atoms with Crippen molar-refractivity contribution in [3.8, 4) is 5.75 Å². The number of halogens is 1. The Hall–Kier alpha value is -0.730. The summed E-state index contributed by atoms with van der Waals surface area (Å²) in [6.07, 6.45) is 0.293. The van der Waals surface area contributed by atoms with Gasteiger partial charge >= 0.3 is 0 Å². The third-order valence-electron chi connectivity index (χ3n) is 3.06. The van der Waals surface area contributed by atoms with E-state index in [2.05, 4.69) is 18.7 Å². The summed E-state index contributed by atoms with van der Waals surface area (Å²) < 4.78 is 5.87. The van der Waals surface area contributed by atoms with E-state index >= 15 is 0 Å². The molecule has 88 valence electrons. The minimum Gasteiger partial charge on any atom is -0.486 e. The topological polar surface area (TPSA) is 12.5 Å². The van der Waals surface area contributed by atoms with Crippen LogP contribution in [0.5, 0.6) is 5.75 Å². The Morgan fingerprint density at radius 2 is 2.06 bits per heavy atom. The van der Waals surface area contributed by atoms with Crippen LogP contribution in [0.3, 0.4) is 0 Å². The summed E-state index contributed by atoms with van der Waals surface area (Å²) in [6, 6.07) is 6.52. The highest BCUT2D eigenvalue weighted by Crippen LogP contribution is 2.29. The van der Waals surface area contributed by atoms with Gasteiger partial charge in [0.15, 0.2) is 0 Å². The van der Waals surface area contributed by atoms with Crippen LogP contribution in [0.4, 0.5) is 0 Å². The van der Waals surface area contributed by atoms with Crippen molar-refractivity contribution in [2.24, 2.45) is 0 Å². The first-order valence-electron chi connectivity index (χ1n) is 5.73. The molecule has 2 nitrogen and oxygen atoms in total. The maximum Gasteiger partial charge on any atom is 0.138 e. The lowest BCUT2D eigenvalue weighted by Gasteiger charge is -2.41. The Bertz CT molecular complexity index is 372. The molecular formula is C13H18ClNO. The molecule has 1 aromatic rings. The van der Waals surface area contributed by atoms with E-state index in [9.17, 15) is 0 Å². The largest absolute Gasteiger partial charge is 0.486 e. The number of benzene rings is 1. The molecule has 0 N–H and O–H groups in total. The molecule has 3 heteroatoms. The molecular weight excluding hydrogens is 222 g/mol. The fourth-order valence-corrected chi connectivity index (χ4v) is 2.03. The van der Waals surface area contributed by atoms with Crippen molar-refractivity contribution in [2.75, 3.05) is 13.1 Å². The molecule has 0 atom stereocenters. The van der Waals surface area contributed by atoms with Gasteiger partial charge in [0.2, 0.25) is 0 Å². The van der Waals surface area contributed by atoms with Gasteiger partial charge in [0.05, 0.1) is 5.02 Å². The average molecular weight is 240 g/mol. The van der Waals surface area contributed by atoms with Crippen LogP contribution in [0.25, 0.3) is 0 Å². The van der Waals surface area contributed by atoms with E-state index in [1.807, 2.05) is 25.1 Å². The smallest absolute Gasteiger partial charge is 0.138 e. The number of rotatable bonds is 3. The molecule has 1 aliphatic heterocycles. The first kappa shape index (κ1) is 11.7. The van der Waals surface area contributed by atoms with Crippen molar-refractivity contribution in [2.45, 2.75) is 32.9 Å². The van der Waals surface area contributed by atoms with Crippen LogP contribution in [0.15, 0.2) is 18.2 Å². The Morgan fingerprint density at radius 3 is 2.69 bits per heavy atom. The molecule has 1 heterocycles. The maximum absolute atomic E-state index is 6.18. The van der Waals surface area contributed by atoms with E-state index in [-0.39, 0.29) is 0 Å². The zero-order valence-electron chi connectivity index (χ0n) is 10.0. The molecule has 0 aliphatic carbocycles. The summed E-state index contributed by atoms with van der Waals surface area (Å²) in [5, 5.41) is 0.741.